The number of aliphatic hydroxyl groups excluding tert-OH is 1. The molecule has 1 heterocycles. The molecule has 0 fully saturated rings. The summed E-state index contributed by atoms with van der Waals surface area (Å²) in [6.07, 6.45) is 1.59. The molecule has 1 rings (SSSR count). The molecule has 0 bridgehead atoms. The molecule has 0 aromatic carbocycles. The maximum absolute atomic E-state index is 11.0. The van der Waals surface area contributed by atoms with E-state index in [0.29, 0.717) is 5.13 Å². The standard InChI is InChI=1S/C8H9N3O2S/c1-5(12)7(6(2)13)10-11-8-9-3-4-14-8/h3-4,12H,1-2H3/b7-5+,11-10?. The second kappa shape index (κ2) is 4.61. The van der Waals surface area contributed by atoms with Crippen LogP contribution < -0.4 is 0 Å². The van der Waals surface area contributed by atoms with E-state index in [2.05, 4.69) is 15.2 Å². The number of rotatable bonds is 3. The third-order valence-electron chi connectivity index (χ3n) is 1.33. The molecule has 0 aliphatic rings. The van der Waals surface area contributed by atoms with Crippen LogP contribution in [-0.4, -0.2) is 15.9 Å². The van der Waals surface area contributed by atoms with Gasteiger partial charge in [0.25, 0.3) is 0 Å². The van der Waals surface area contributed by atoms with Gasteiger partial charge >= 0.3 is 0 Å². The first kappa shape index (κ1) is 10.5. The molecule has 0 saturated carbocycles. The normalized spacial score (nSPS) is 13.0. The van der Waals surface area contributed by atoms with E-state index in [9.17, 15) is 4.79 Å². The van der Waals surface area contributed by atoms with Gasteiger partial charge in [-0.1, -0.05) is 0 Å². The van der Waals surface area contributed by atoms with E-state index in [4.69, 9.17) is 5.11 Å². The lowest BCUT2D eigenvalue weighted by atomic mass is 10.3. The van der Waals surface area contributed by atoms with Crippen molar-refractivity contribution in [3.8, 4) is 0 Å². The highest BCUT2D eigenvalue weighted by Crippen LogP contribution is 2.17. The number of Topliss-reactive ketones (excluding diaryl/α,β-unsaturated/α-hetero) is 1. The zero-order valence-corrected chi connectivity index (χ0v) is 8.58. The molecular formula is C8H9N3O2S. The molecule has 0 aliphatic heterocycles. The Morgan fingerprint density at radius 3 is 2.71 bits per heavy atom. The number of hydrogen-bond donors (Lipinski definition) is 1. The Morgan fingerprint density at radius 1 is 1.57 bits per heavy atom. The topological polar surface area (TPSA) is 74.9 Å². The Hall–Kier alpha value is -1.56. The first-order chi connectivity index (χ1) is 6.61. The summed E-state index contributed by atoms with van der Waals surface area (Å²) in [5.74, 6) is -0.469. The largest absolute Gasteiger partial charge is 0.510 e. The molecular weight excluding hydrogens is 202 g/mol. The van der Waals surface area contributed by atoms with Crippen LogP contribution in [0.15, 0.2) is 33.3 Å². The van der Waals surface area contributed by atoms with Crippen LogP contribution in [0.4, 0.5) is 5.13 Å². The fraction of sp³-hybridized carbons (Fsp3) is 0.250. The van der Waals surface area contributed by atoms with Crippen LogP contribution in [0.3, 0.4) is 0 Å². The van der Waals surface area contributed by atoms with Crippen molar-refractivity contribution in [2.75, 3.05) is 0 Å². The summed E-state index contributed by atoms with van der Waals surface area (Å²) in [6, 6.07) is 0. The Morgan fingerprint density at radius 2 is 2.29 bits per heavy atom. The van der Waals surface area contributed by atoms with Gasteiger partial charge in [-0.05, 0) is 6.92 Å². The van der Waals surface area contributed by atoms with Crippen LogP contribution >= 0.6 is 11.3 Å². The van der Waals surface area contributed by atoms with E-state index < -0.39 is 0 Å². The molecule has 0 unspecified atom stereocenters. The summed E-state index contributed by atoms with van der Waals surface area (Å²) < 4.78 is 0. The van der Waals surface area contributed by atoms with Gasteiger partial charge in [-0.15, -0.1) is 21.6 Å². The van der Waals surface area contributed by atoms with E-state index in [1.165, 1.54) is 25.2 Å². The summed E-state index contributed by atoms with van der Waals surface area (Å²) in [4.78, 5) is 14.8. The predicted molar refractivity (Wildman–Crippen MR) is 52.6 cm³/mol. The molecule has 0 spiro atoms. The van der Waals surface area contributed by atoms with E-state index in [0.717, 1.165) is 0 Å². The van der Waals surface area contributed by atoms with Crippen LogP contribution in [0, 0.1) is 0 Å². The predicted octanol–water partition coefficient (Wildman–Crippen LogP) is 2.61. The number of nitrogens with zero attached hydrogens (tertiary/aromatic N) is 3. The number of carbonyl (C=O) groups excluding carboxylic acids is 1. The SMILES string of the molecule is CC(=O)/C(N=Nc1nccs1)=C(/C)O. The molecule has 1 N–H and O–H groups in total. The molecule has 6 heteroatoms. The summed E-state index contributed by atoms with van der Waals surface area (Å²) in [5.41, 5.74) is -0.0415. The van der Waals surface area contributed by atoms with E-state index in [1.54, 1.807) is 11.6 Å². The quantitative estimate of drug-likeness (QED) is 0.474. The average Bonchev–Trinajstić information content (AvgIpc) is 2.55. The van der Waals surface area contributed by atoms with E-state index >= 15 is 0 Å². The number of carbonyl (C=O) groups is 1. The van der Waals surface area contributed by atoms with Crippen LogP contribution in [-0.2, 0) is 4.79 Å². The Labute approximate surface area is 84.8 Å². The fourth-order valence-electron chi connectivity index (χ4n) is 0.756. The lowest BCUT2D eigenvalue weighted by molar-refractivity contribution is -0.113. The second-order valence-electron chi connectivity index (χ2n) is 2.50. The minimum absolute atomic E-state index is 0.0415. The summed E-state index contributed by atoms with van der Waals surface area (Å²) in [7, 11) is 0. The monoisotopic (exact) mass is 211 g/mol. The third-order valence-corrected chi connectivity index (χ3v) is 1.99. The summed E-state index contributed by atoms with van der Waals surface area (Å²) in [5, 5.41) is 18.6. The number of aliphatic hydroxyl groups is 1. The van der Waals surface area contributed by atoms with Gasteiger partial charge in [0.1, 0.15) is 5.76 Å². The molecule has 14 heavy (non-hydrogen) atoms. The average molecular weight is 211 g/mol. The minimum atomic E-state index is -0.328. The Balaban J connectivity index is 2.86. The van der Waals surface area contributed by atoms with Crippen molar-refractivity contribution in [1.82, 2.24) is 4.98 Å². The van der Waals surface area contributed by atoms with Gasteiger partial charge in [0.15, 0.2) is 11.5 Å². The van der Waals surface area contributed by atoms with Crippen LogP contribution in [0.25, 0.3) is 0 Å². The van der Waals surface area contributed by atoms with Gasteiger partial charge in [0.05, 0.1) is 0 Å². The summed E-state index contributed by atoms with van der Waals surface area (Å²) in [6.45, 7) is 2.70. The number of hydrogen-bond acceptors (Lipinski definition) is 6. The van der Waals surface area contributed by atoms with Gasteiger partial charge in [-0.2, -0.15) is 0 Å². The van der Waals surface area contributed by atoms with Crippen molar-refractivity contribution in [3.63, 3.8) is 0 Å². The van der Waals surface area contributed by atoms with Gasteiger partial charge in [-0.25, -0.2) is 4.98 Å². The van der Waals surface area contributed by atoms with Crippen molar-refractivity contribution < 1.29 is 9.90 Å². The summed E-state index contributed by atoms with van der Waals surface area (Å²) >= 11 is 1.30. The van der Waals surface area contributed by atoms with E-state index in [1.807, 2.05) is 0 Å². The number of azo groups is 1. The molecule has 5 nitrogen and oxygen atoms in total. The van der Waals surface area contributed by atoms with Gasteiger partial charge in [0, 0.05) is 18.5 Å². The van der Waals surface area contributed by atoms with Crippen LogP contribution in [0.5, 0.6) is 0 Å². The first-order valence-electron chi connectivity index (χ1n) is 3.83. The van der Waals surface area contributed by atoms with Gasteiger partial charge in [0.2, 0.25) is 5.13 Å². The van der Waals surface area contributed by atoms with E-state index in [-0.39, 0.29) is 17.2 Å². The molecule has 1 aromatic heterocycles. The van der Waals surface area contributed by atoms with Crippen molar-refractivity contribution in [1.29, 1.82) is 0 Å². The zero-order chi connectivity index (χ0) is 10.6. The van der Waals surface area contributed by atoms with Crippen LogP contribution in [0.2, 0.25) is 0 Å². The lowest BCUT2D eigenvalue weighted by Gasteiger charge is -1.94. The second-order valence-corrected chi connectivity index (χ2v) is 3.38. The first-order valence-corrected chi connectivity index (χ1v) is 4.71. The molecule has 74 valence electrons. The van der Waals surface area contributed by atoms with Crippen molar-refractivity contribution in [2.45, 2.75) is 13.8 Å². The van der Waals surface area contributed by atoms with Crippen molar-refractivity contribution in [3.05, 3.63) is 23.0 Å². The Bertz CT molecular complexity index is 377. The number of thiazole rings is 1. The lowest BCUT2D eigenvalue weighted by Crippen LogP contribution is -1.96. The number of aromatic nitrogens is 1. The Kier molecular flexibility index (Phi) is 3.47. The molecule has 0 amide bonds. The van der Waals surface area contributed by atoms with Gasteiger partial charge in [-0.3, -0.25) is 4.79 Å². The zero-order valence-electron chi connectivity index (χ0n) is 7.76. The van der Waals surface area contributed by atoms with Crippen molar-refractivity contribution >= 4 is 22.3 Å². The maximum atomic E-state index is 11.0. The molecule has 0 radical (unpaired) electrons. The number of ketones is 1. The smallest absolute Gasteiger partial charge is 0.229 e. The molecule has 1 aromatic rings. The minimum Gasteiger partial charge on any atom is -0.510 e. The molecule has 0 atom stereocenters. The third kappa shape index (κ3) is 2.74. The fourth-order valence-corrected chi connectivity index (χ4v) is 1.21. The highest BCUT2D eigenvalue weighted by Gasteiger charge is 2.06. The van der Waals surface area contributed by atoms with Crippen molar-refractivity contribution in [2.24, 2.45) is 10.2 Å². The molecule has 0 aliphatic carbocycles. The van der Waals surface area contributed by atoms with Gasteiger partial charge < -0.3 is 5.11 Å². The van der Waals surface area contributed by atoms with Crippen LogP contribution in [0.1, 0.15) is 13.8 Å². The molecule has 0 saturated heterocycles. The highest BCUT2D eigenvalue weighted by molar-refractivity contribution is 7.13. The highest BCUT2D eigenvalue weighted by atomic mass is 32.1. The maximum Gasteiger partial charge on any atom is 0.229 e. The number of allylic oxidation sites excluding steroid dienone is 2.